The summed E-state index contributed by atoms with van der Waals surface area (Å²) in [6.45, 7) is 0.541. The van der Waals surface area contributed by atoms with E-state index in [0.717, 1.165) is 17.4 Å². The molecule has 144 valence electrons. The largest absolute Gasteiger partial charge is 0.496 e. The van der Waals surface area contributed by atoms with Gasteiger partial charge in [0.2, 0.25) is 0 Å². The van der Waals surface area contributed by atoms with Crippen molar-refractivity contribution in [2.45, 2.75) is 5.37 Å². The van der Waals surface area contributed by atoms with Gasteiger partial charge in [0.15, 0.2) is 11.5 Å². The Kier molecular flexibility index (Phi) is 6.01. The predicted octanol–water partition coefficient (Wildman–Crippen LogP) is 4.39. The molecule has 1 atom stereocenters. The van der Waals surface area contributed by atoms with E-state index in [-0.39, 0.29) is 21.9 Å². The Morgan fingerprint density at radius 1 is 1.11 bits per heavy atom. The Labute approximate surface area is 166 Å². The second-order valence-electron chi connectivity index (χ2n) is 5.80. The normalized spacial score (nSPS) is 16.3. The summed E-state index contributed by atoms with van der Waals surface area (Å²) in [5.41, 5.74) is 1.06. The van der Waals surface area contributed by atoms with Crippen molar-refractivity contribution in [3.8, 4) is 17.2 Å². The zero-order chi connectivity index (χ0) is 19.6. The molecule has 8 heteroatoms. The lowest BCUT2D eigenvalue weighted by atomic mass is 10.1. The number of thioether (sulfide) groups is 1. The first-order valence-electron chi connectivity index (χ1n) is 8.17. The van der Waals surface area contributed by atoms with E-state index in [4.69, 9.17) is 25.8 Å². The van der Waals surface area contributed by atoms with E-state index in [9.17, 15) is 9.18 Å². The lowest BCUT2D eigenvalue weighted by Crippen LogP contribution is -2.30. The highest BCUT2D eigenvalue weighted by Gasteiger charge is 2.34. The predicted molar refractivity (Wildman–Crippen MR) is 104 cm³/mol. The molecule has 3 rings (SSSR count). The molecule has 0 N–H and O–H groups in total. The maximum atomic E-state index is 13.3. The Bertz CT molecular complexity index is 864. The van der Waals surface area contributed by atoms with Gasteiger partial charge in [-0.1, -0.05) is 11.6 Å². The number of nitrogens with zero attached hydrogens (tertiary/aromatic N) is 1. The van der Waals surface area contributed by atoms with Crippen LogP contribution in [0.3, 0.4) is 0 Å². The van der Waals surface area contributed by atoms with Gasteiger partial charge in [-0.05, 0) is 24.3 Å². The van der Waals surface area contributed by atoms with Gasteiger partial charge in [-0.15, -0.1) is 11.8 Å². The number of hydrogen-bond acceptors (Lipinski definition) is 5. The number of carbonyl (C=O) groups is 1. The van der Waals surface area contributed by atoms with Crippen LogP contribution in [-0.2, 0) is 0 Å². The summed E-state index contributed by atoms with van der Waals surface area (Å²) in [6, 6.07) is 7.33. The topological polar surface area (TPSA) is 48.0 Å². The van der Waals surface area contributed by atoms with Crippen LogP contribution in [0.1, 0.15) is 21.3 Å². The van der Waals surface area contributed by atoms with Crippen LogP contribution >= 0.6 is 23.4 Å². The van der Waals surface area contributed by atoms with E-state index in [2.05, 4.69) is 0 Å². The van der Waals surface area contributed by atoms with E-state index in [1.165, 1.54) is 12.1 Å². The minimum absolute atomic E-state index is 0.0925. The van der Waals surface area contributed by atoms with Gasteiger partial charge in [0.25, 0.3) is 5.91 Å². The summed E-state index contributed by atoms with van der Waals surface area (Å²) in [6.07, 6.45) is 0. The SMILES string of the molecule is COc1cc(OC)c(C2SCCN2C(=O)c2ccc(F)cc2Cl)cc1OC. The molecule has 0 radical (unpaired) electrons. The molecule has 1 amide bonds. The van der Waals surface area contributed by atoms with Gasteiger partial charge in [0, 0.05) is 23.9 Å². The van der Waals surface area contributed by atoms with Crippen molar-refractivity contribution >= 4 is 29.3 Å². The van der Waals surface area contributed by atoms with Gasteiger partial charge < -0.3 is 19.1 Å². The highest BCUT2D eigenvalue weighted by molar-refractivity contribution is 7.99. The molecule has 2 aromatic carbocycles. The molecule has 0 aromatic heterocycles. The first-order chi connectivity index (χ1) is 13.0. The number of rotatable bonds is 5. The third kappa shape index (κ3) is 3.80. The third-order valence-electron chi connectivity index (χ3n) is 4.32. The van der Waals surface area contributed by atoms with Crippen LogP contribution in [-0.4, -0.2) is 44.4 Å². The molecule has 1 saturated heterocycles. The fourth-order valence-corrected chi connectivity index (χ4v) is 4.52. The van der Waals surface area contributed by atoms with Crippen LogP contribution in [0, 0.1) is 5.82 Å². The second kappa shape index (κ2) is 8.27. The van der Waals surface area contributed by atoms with Crippen molar-refractivity contribution in [2.75, 3.05) is 33.6 Å². The summed E-state index contributed by atoms with van der Waals surface area (Å²) in [5.74, 6) is 1.70. The molecule has 0 bridgehead atoms. The number of methoxy groups -OCH3 is 3. The molecule has 0 spiro atoms. The number of carbonyl (C=O) groups excluding carboxylic acids is 1. The van der Waals surface area contributed by atoms with Crippen molar-refractivity contribution in [1.82, 2.24) is 4.90 Å². The molecule has 5 nitrogen and oxygen atoms in total. The van der Waals surface area contributed by atoms with Crippen LogP contribution in [0.15, 0.2) is 30.3 Å². The average molecular weight is 412 g/mol. The van der Waals surface area contributed by atoms with Crippen LogP contribution in [0.5, 0.6) is 17.2 Å². The van der Waals surface area contributed by atoms with Crippen LogP contribution < -0.4 is 14.2 Å². The molecule has 1 aliphatic heterocycles. The van der Waals surface area contributed by atoms with Crippen LogP contribution in [0.25, 0.3) is 0 Å². The fourth-order valence-electron chi connectivity index (χ4n) is 3.00. The van der Waals surface area contributed by atoms with Crippen molar-refractivity contribution in [3.05, 3.63) is 52.3 Å². The fraction of sp³-hybridized carbons (Fsp3) is 0.316. The Hall–Kier alpha value is -2.12. The van der Waals surface area contributed by atoms with Crippen molar-refractivity contribution in [3.63, 3.8) is 0 Å². The standard InChI is InChI=1S/C19H19ClFNO4S/c1-24-15-10-17(26-3)16(25-2)9-13(15)19-22(6-7-27-19)18(23)12-5-4-11(21)8-14(12)20/h4-5,8-10,19H,6-7H2,1-3H3. The quantitative estimate of drug-likeness (QED) is 0.730. The third-order valence-corrected chi connectivity index (χ3v) is 5.87. The molecular formula is C19H19ClFNO4S. The second-order valence-corrected chi connectivity index (χ2v) is 7.39. The average Bonchev–Trinajstić information content (AvgIpc) is 3.15. The Morgan fingerprint density at radius 3 is 2.41 bits per heavy atom. The molecule has 1 unspecified atom stereocenters. The minimum atomic E-state index is -0.481. The number of benzene rings is 2. The summed E-state index contributed by atoms with van der Waals surface area (Å²) >= 11 is 7.70. The summed E-state index contributed by atoms with van der Waals surface area (Å²) in [4.78, 5) is 14.8. The summed E-state index contributed by atoms with van der Waals surface area (Å²) in [5, 5.41) is -0.191. The smallest absolute Gasteiger partial charge is 0.256 e. The Balaban J connectivity index is 2.00. The lowest BCUT2D eigenvalue weighted by Gasteiger charge is -2.26. The molecule has 0 aliphatic carbocycles. The number of ether oxygens (including phenoxy) is 3. The van der Waals surface area contributed by atoms with E-state index in [0.29, 0.717) is 23.8 Å². The first kappa shape index (κ1) is 19.6. The first-order valence-corrected chi connectivity index (χ1v) is 9.60. The van der Waals surface area contributed by atoms with Gasteiger partial charge >= 0.3 is 0 Å². The molecule has 2 aromatic rings. The van der Waals surface area contributed by atoms with Crippen LogP contribution in [0.4, 0.5) is 4.39 Å². The summed E-state index contributed by atoms with van der Waals surface area (Å²) < 4.78 is 29.6. The van der Waals surface area contributed by atoms with E-state index in [1.54, 1.807) is 44.1 Å². The molecule has 0 saturated carbocycles. The summed E-state index contributed by atoms with van der Waals surface area (Å²) in [7, 11) is 4.66. The number of halogens is 2. The van der Waals surface area contributed by atoms with Crippen molar-refractivity contribution in [2.24, 2.45) is 0 Å². The highest BCUT2D eigenvalue weighted by atomic mass is 35.5. The molecular weight excluding hydrogens is 393 g/mol. The molecule has 1 aliphatic rings. The van der Waals surface area contributed by atoms with E-state index < -0.39 is 5.82 Å². The minimum Gasteiger partial charge on any atom is -0.496 e. The maximum absolute atomic E-state index is 13.3. The van der Waals surface area contributed by atoms with E-state index in [1.807, 2.05) is 6.07 Å². The van der Waals surface area contributed by atoms with Crippen LogP contribution in [0.2, 0.25) is 5.02 Å². The molecule has 27 heavy (non-hydrogen) atoms. The zero-order valence-corrected chi connectivity index (χ0v) is 16.7. The molecule has 1 heterocycles. The molecule has 1 fully saturated rings. The maximum Gasteiger partial charge on any atom is 0.256 e. The van der Waals surface area contributed by atoms with Crippen molar-refractivity contribution in [1.29, 1.82) is 0 Å². The van der Waals surface area contributed by atoms with Gasteiger partial charge in [-0.25, -0.2) is 4.39 Å². The lowest BCUT2D eigenvalue weighted by molar-refractivity contribution is 0.0759. The van der Waals surface area contributed by atoms with Gasteiger partial charge in [-0.3, -0.25) is 4.79 Å². The number of hydrogen-bond donors (Lipinski definition) is 0. The van der Waals surface area contributed by atoms with E-state index >= 15 is 0 Å². The van der Waals surface area contributed by atoms with Gasteiger partial charge in [-0.2, -0.15) is 0 Å². The van der Waals surface area contributed by atoms with Gasteiger partial charge in [0.1, 0.15) is 16.9 Å². The number of amides is 1. The monoisotopic (exact) mass is 411 g/mol. The zero-order valence-electron chi connectivity index (χ0n) is 15.1. The van der Waals surface area contributed by atoms with Crippen molar-refractivity contribution < 1.29 is 23.4 Å². The van der Waals surface area contributed by atoms with Gasteiger partial charge in [0.05, 0.1) is 31.9 Å². The Morgan fingerprint density at radius 2 is 1.78 bits per heavy atom. The highest BCUT2D eigenvalue weighted by Crippen LogP contribution is 2.46.